The standard InChI is InChI=1S/C34H46.C8H17N.2C2H6/c1-24(2)34(8,9)23-28-18-25(3)19-30(20-28)31(21-27-15-11-10-12-16-27)29-17-13-14-26(4)32(22-29)33(5,6)7;1-7(2)9-6-8(3,4)5;2*1-2/h10-16,18-20,22,24,31H,17,21,23H2,1-9H3;9H,1,6H2,2-5H3;2*1-2H3. The highest BCUT2D eigenvalue weighted by Gasteiger charge is 2.26. The van der Waals surface area contributed by atoms with E-state index in [2.05, 4.69) is 162 Å². The summed E-state index contributed by atoms with van der Waals surface area (Å²) in [7, 11) is 0. The van der Waals surface area contributed by atoms with E-state index in [0.29, 0.717) is 17.3 Å². The Balaban J connectivity index is 0.00000139. The number of benzene rings is 2. The van der Waals surface area contributed by atoms with Gasteiger partial charge in [0.05, 0.1) is 0 Å². The van der Waals surface area contributed by atoms with Gasteiger partial charge in [-0.1, -0.05) is 181 Å². The number of allylic oxidation sites excluding steroid dienone is 7. The third-order valence-electron chi connectivity index (χ3n) is 8.72. The van der Waals surface area contributed by atoms with Crippen molar-refractivity contribution < 1.29 is 0 Å². The van der Waals surface area contributed by atoms with Gasteiger partial charge in [-0.25, -0.2) is 0 Å². The van der Waals surface area contributed by atoms with Crippen LogP contribution in [0.5, 0.6) is 0 Å². The van der Waals surface area contributed by atoms with Crippen molar-refractivity contribution >= 4 is 0 Å². The fraction of sp³-hybridized carbons (Fsp3) is 0.565. The topological polar surface area (TPSA) is 12.0 Å². The van der Waals surface area contributed by atoms with Crippen LogP contribution in [0.4, 0.5) is 0 Å². The van der Waals surface area contributed by atoms with Gasteiger partial charge in [-0.15, -0.1) is 0 Å². The van der Waals surface area contributed by atoms with Crippen LogP contribution >= 0.6 is 0 Å². The van der Waals surface area contributed by atoms with Gasteiger partial charge in [-0.3, -0.25) is 0 Å². The van der Waals surface area contributed by atoms with Crippen molar-refractivity contribution in [2.45, 2.75) is 143 Å². The molecule has 0 fully saturated rings. The van der Waals surface area contributed by atoms with Gasteiger partial charge >= 0.3 is 0 Å². The van der Waals surface area contributed by atoms with Gasteiger partial charge < -0.3 is 5.32 Å². The van der Waals surface area contributed by atoms with Crippen molar-refractivity contribution in [3.63, 3.8) is 0 Å². The van der Waals surface area contributed by atoms with Gasteiger partial charge in [0.2, 0.25) is 0 Å². The second-order valence-corrected chi connectivity index (χ2v) is 16.2. The molecule has 1 nitrogen and oxygen atoms in total. The number of nitrogens with one attached hydrogen (secondary N) is 1. The molecule has 0 radical (unpaired) electrons. The molecule has 1 unspecified atom stereocenters. The minimum Gasteiger partial charge on any atom is -0.389 e. The summed E-state index contributed by atoms with van der Waals surface area (Å²) in [5.74, 6) is 1.02. The van der Waals surface area contributed by atoms with Gasteiger partial charge in [0, 0.05) is 18.2 Å². The third kappa shape index (κ3) is 16.7. The maximum Gasteiger partial charge on any atom is 0.0192 e. The molecule has 0 aromatic heterocycles. The Morgan fingerprint density at radius 1 is 0.830 bits per heavy atom. The van der Waals surface area contributed by atoms with Crippen molar-refractivity contribution in [2.24, 2.45) is 22.2 Å². The van der Waals surface area contributed by atoms with Crippen LogP contribution in [-0.4, -0.2) is 6.54 Å². The van der Waals surface area contributed by atoms with E-state index in [9.17, 15) is 0 Å². The van der Waals surface area contributed by atoms with E-state index in [1.165, 1.54) is 39.0 Å². The van der Waals surface area contributed by atoms with Gasteiger partial charge in [0.25, 0.3) is 0 Å². The summed E-state index contributed by atoms with van der Waals surface area (Å²) in [4.78, 5) is 0. The second-order valence-electron chi connectivity index (χ2n) is 16.2. The second kappa shape index (κ2) is 20.5. The highest BCUT2D eigenvalue weighted by Crippen LogP contribution is 2.39. The molecule has 0 saturated heterocycles. The van der Waals surface area contributed by atoms with E-state index in [1.807, 2.05) is 34.6 Å². The highest BCUT2D eigenvalue weighted by molar-refractivity contribution is 5.46. The minimum atomic E-state index is 0.125. The minimum absolute atomic E-state index is 0.125. The molecule has 0 spiro atoms. The SMILES string of the molecule is C=C(C)NCC(C)(C)C.CC.CC.CC1=C(C(C)(C)C)C=C(C(Cc2ccccc2)c2cc(C)cc(CC(C)(C)C(C)C)c2)CC=C1. The van der Waals surface area contributed by atoms with Crippen LogP contribution < -0.4 is 5.32 Å². The van der Waals surface area contributed by atoms with Crippen LogP contribution in [0.2, 0.25) is 0 Å². The van der Waals surface area contributed by atoms with Gasteiger partial charge in [-0.2, -0.15) is 0 Å². The average Bonchev–Trinajstić information content (AvgIpc) is 3.18. The van der Waals surface area contributed by atoms with E-state index in [1.54, 1.807) is 0 Å². The molecule has 264 valence electrons. The smallest absolute Gasteiger partial charge is 0.0192 e. The average molecular weight is 642 g/mol. The first kappa shape index (κ1) is 44.2. The Morgan fingerprint density at radius 3 is 1.87 bits per heavy atom. The summed E-state index contributed by atoms with van der Waals surface area (Å²) >= 11 is 0. The monoisotopic (exact) mass is 642 g/mol. The zero-order valence-corrected chi connectivity index (χ0v) is 34.0. The number of hydrogen-bond donors (Lipinski definition) is 1. The molecule has 3 rings (SSSR count). The van der Waals surface area contributed by atoms with Crippen molar-refractivity contribution in [1.29, 1.82) is 0 Å². The molecule has 1 aliphatic carbocycles. The molecule has 2 aromatic carbocycles. The first-order valence-electron chi connectivity index (χ1n) is 18.4. The Labute approximate surface area is 294 Å². The van der Waals surface area contributed by atoms with Gasteiger partial charge in [0.1, 0.15) is 0 Å². The summed E-state index contributed by atoms with van der Waals surface area (Å²) in [6.07, 6.45) is 10.4. The van der Waals surface area contributed by atoms with E-state index >= 15 is 0 Å². The molecule has 1 N–H and O–H groups in total. The van der Waals surface area contributed by atoms with Crippen LogP contribution in [0.25, 0.3) is 0 Å². The molecular weight excluding hydrogens is 567 g/mol. The Kier molecular flexibility index (Phi) is 19.3. The third-order valence-corrected chi connectivity index (χ3v) is 8.72. The summed E-state index contributed by atoms with van der Waals surface area (Å²) in [6, 6.07) is 18.4. The summed E-state index contributed by atoms with van der Waals surface area (Å²) in [6.45, 7) is 42.4. The maximum atomic E-state index is 3.75. The molecule has 0 bridgehead atoms. The molecule has 47 heavy (non-hydrogen) atoms. The molecular formula is C46H75N. The first-order chi connectivity index (χ1) is 21.8. The van der Waals surface area contributed by atoms with Crippen molar-refractivity contribution in [3.8, 4) is 0 Å². The van der Waals surface area contributed by atoms with E-state index in [-0.39, 0.29) is 10.8 Å². The molecule has 2 aromatic rings. The normalized spacial score (nSPS) is 14.0. The summed E-state index contributed by atoms with van der Waals surface area (Å²) < 4.78 is 0. The van der Waals surface area contributed by atoms with Crippen LogP contribution in [0.15, 0.2) is 95.8 Å². The lowest BCUT2D eigenvalue weighted by atomic mass is 9.75. The highest BCUT2D eigenvalue weighted by atomic mass is 14.9. The number of hydrogen-bond acceptors (Lipinski definition) is 1. The lowest BCUT2D eigenvalue weighted by Gasteiger charge is -2.30. The fourth-order valence-corrected chi connectivity index (χ4v) is 5.53. The lowest BCUT2D eigenvalue weighted by Crippen LogP contribution is -2.24. The van der Waals surface area contributed by atoms with Gasteiger partial charge in [-0.05, 0) is 90.0 Å². The van der Waals surface area contributed by atoms with Crippen LogP contribution in [0.3, 0.4) is 0 Å². The Bertz CT molecular complexity index is 1280. The molecule has 1 aliphatic rings. The Hall–Kier alpha value is -2.80. The summed E-state index contributed by atoms with van der Waals surface area (Å²) in [5.41, 5.74) is 11.9. The van der Waals surface area contributed by atoms with Crippen LogP contribution in [0.1, 0.15) is 145 Å². The van der Waals surface area contributed by atoms with Crippen LogP contribution in [-0.2, 0) is 12.8 Å². The predicted octanol–water partition coefficient (Wildman–Crippen LogP) is 14.0. The van der Waals surface area contributed by atoms with Crippen molar-refractivity contribution in [2.75, 3.05) is 6.54 Å². The first-order valence-corrected chi connectivity index (χ1v) is 18.4. The van der Waals surface area contributed by atoms with Crippen molar-refractivity contribution in [1.82, 2.24) is 5.32 Å². The molecule has 0 saturated carbocycles. The zero-order chi connectivity index (χ0) is 36.6. The van der Waals surface area contributed by atoms with Gasteiger partial charge in [0.15, 0.2) is 0 Å². The van der Waals surface area contributed by atoms with Crippen LogP contribution in [0, 0.1) is 29.1 Å². The predicted molar refractivity (Wildman–Crippen MR) is 215 cm³/mol. The fourth-order valence-electron chi connectivity index (χ4n) is 5.53. The number of aryl methyl sites for hydroxylation is 1. The number of rotatable bonds is 9. The molecule has 0 aliphatic heterocycles. The molecule has 0 amide bonds. The van der Waals surface area contributed by atoms with E-state index in [4.69, 9.17) is 0 Å². The lowest BCUT2D eigenvalue weighted by molar-refractivity contribution is 0.248. The quantitative estimate of drug-likeness (QED) is 0.287. The molecule has 1 atom stereocenters. The van der Waals surface area contributed by atoms with Crippen molar-refractivity contribution in [3.05, 3.63) is 118 Å². The maximum absolute atomic E-state index is 3.75. The summed E-state index contributed by atoms with van der Waals surface area (Å²) in [5, 5.41) is 3.19. The van der Waals surface area contributed by atoms with E-state index < -0.39 is 0 Å². The largest absolute Gasteiger partial charge is 0.389 e. The zero-order valence-electron chi connectivity index (χ0n) is 34.0. The molecule has 1 heteroatoms. The molecule has 0 heterocycles. The Morgan fingerprint density at radius 2 is 1.40 bits per heavy atom. The van der Waals surface area contributed by atoms with E-state index in [0.717, 1.165) is 31.5 Å².